The van der Waals surface area contributed by atoms with Crippen molar-refractivity contribution in [1.82, 2.24) is 9.78 Å². The van der Waals surface area contributed by atoms with Gasteiger partial charge in [0.1, 0.15) is 15.2 Å². The first-order chi connectivity index (χ1) is 11.0. The Morgan fingerprint density at radius 1 is 1.17 bits per heavy atom. The van der Waals surface area contributed by atoms with Crippen LogP contribution in [0.2, 0.25) is 0 Å². The summed E-state index contributed by atoms with van der Waals surface area (Å²) in [5.41, 5.74) is 2.90. The van der Waals surface area contributed by atoms with Crippen LogP contribution in [-0.4, -0.2) is 22.9 Å². The van der Waals surface area contributed by atoms with Crippen LogP contribution in [-0.2, 0) is 4.79 Å². The van der Waals surface area contributed by atoms with E-state index in [2.05, 4.69) is 27.7 Å². The zero-order valence-electron chi connectivity index (χ0n) is 13.0. The standard InChI is InChI=1S/C17H15IN2O3/c1-10-8-12(22-3)5-7-16(10)20-17(18)14-9-13(23-11(2)21)4-6-15(14)19-20/h4-9H,1-3H3. The molecule has 1 aromatic heterocycles. The second kappa shape index (κ2) is 6.19. The van der Waals surface area contributed by atoms with Gasteiger partial charge in [0.25, 0.3) is 0 Å². The summed E-state index contributed by atoms with van der Waals surface area (Å²) in [4.78, 5) is 11.1. The number of benzene rings is 2. The van der Waals surface area contributed by atoms with E-state index in [1.165, 1.54) is 6.92 Å². The fourth-order valence-corrected chi connectivity index (χ4v) is 3.21. The number of hydrogen-bond donors (Lipinski definition) is 0. The molecule has 0 aliphatic rings. The van der Waals surface area contributed by atoms with Crippen LogP contribution in [0, 0.1) is 10.6 Å². The SMILES string of the molecule is COc1ccc(-n2nc3ccc(OC(C)=O)cc3c2I)c(C)c1. The van der Waals surface area contributed by atoms with Gasteiger partial charge in [0.2, 0.25) is 0 Å². The minimum absolute atomic E-state index is 0.335. The molecule has 2 aromatic carbocycles. The Bertz CT molecular complexity index is 902. The van der Waals surface area contributed by atoms with Crippen LogP contribution in [0.15, 0.2) is 36.4 Å². The summed E-state index contributed by atoms with van der Waals surface area (Å²) < 4.78 is 13.2. The lowest BCUT2D eigenvalue weighted by atomic mass is 10.2. The third-order valence-corrected chi connectivity index (χ3v) is 4.52. The van der Waals surface area contributed by atoms with Gasteiger partial charge in [-0.2, -0.15) is 5.10 Å². The number of carbonyl (C=O) groups is 1. The summed E-state index contributed by atoms with van der Waals surface area (Å²) in [6.45, 7) is 3.41. The normalized spacial score (nSPS) is 10.8. The van der Waals surface area contributed by atoms with Crippen molar-refractivity contribution in [3.05, 3.63) is 45.7 Å². The number of nitrogens with zero attached hydrogens (tertiary/aromatic N) is 2. The minimum atomic E-state index is -0.335. The molecule has 0 spiro atoms. The maximum absolute atomic E-state index is 11.1. The molecule has 3 rings (SSSR count). The van der Waals surface area contributed by atoms with Gasteiger partial charge in [-0.05, 0) is 71.5 Å². The third-order valence-electron chi connectivity index (χ3n) is 3.48. The maximum atomic E-state index is 11.1. The van der Waals surface area contributed by atoms with Crippen molar-refractivity contribution < 1.29 is 14.3 Å². The number of aromatic nitrogens is 2. The molecule has 1 heterocycles. The predicted octanol–water partition coefficient (Wildman–Crippen LogP) is 3.87. The molecule has 5 nitrogen and oxygen atoms in total. The monoisotopic (exact) mass is 422 g/mol. The number of aryl methyl sites for hydroxylation is 1. The fraction of sp³-hybridized carbons (Fsp3) is 0.176. The van der Waals surface area contributed by atoms with Crippen LogP contribution in [0.1, 0.15) is 12.5 Å². The highest BCUT2D eigenvalue weighted by atomic mass is 127. The molecule has 0 aliphatic carbocycles. The number of halogens is 1. The van der Waals surface area contributed by atoms with E-state index in [9.17, 15) is 4.79 Å². The highest BCUT2D eigenvalue weighted by Gasteiger charge is 2.13. The van der Waals surface area contributed by atoms with Gasteiger partial charge in [-0.3, -0.25) is 4.79 Å². The van der Waals surface area contributed by atoms with Crippen LogP contribution >= 0.6 is 22.6 Å². The third kappa shape index (κ3) is 3.03. The molecule has 0 amide bonds. The highest BCUT2D eigenvalue weighted by molar-refractivity contribution is 14.1. The number of esters is 1. The van der Waals surface area contributed by atoms with E-state index in [0.29, 0.717) is 5.75 Å². The molecule has 0 atom stereocenters. The lowest BCUT2D eigenvalue weighted by molar-refractivity contribution is -0.131. The first-order valence-corrected chi connectivity index (χ1v) is 8.09. The maximum Gasteiger partial charge on any atom is 0.308 e. The van der Waals surface area contributed by atoms with Gasteiger partial charge in [-0.1, -0.05) is 0 Å². The van der Waals surface area contributed by atoms with E-state index in [1.54, 1.807) is 13.2 Å². The Hall–Kier alpha value is -2.09. The Kier molecular flexibility index (Phi) is 4.25. The van der Waals surface area contributed by atoms with E-state index in [0.717, 1.165) is 31.6 Å². The van der Waals surface area contributed by atoms with E-state index >= 15 is 0 Å². The number of carbonyl (C=O) groups excluding carboxylic acids is 1. The second-order valence-corrected chi connectivity index (χ2v) is 6.15. The van der Waals surface area contributed by atoms with Crippen LogP contribution in [0.25, 0.3) is 16.6 Å². The van der Waals surface area contributed by atoms with Gasteiger partial charge < -0.3 is 9.47 Å². The Labute approximate surface area is 147 Å². The number of ether oxygens (including phenoxy) is 2. The van der Waals surface area contributed by atoms with Crippen LogP contribution in [0.5, 0.6) is 11.5 Å². The Balaban J connectivity index is 2.12. The van der Waals surface area contributed by atoms with Gasteiger partial charge in [0.15, 0.2) is 0 Å². The molecule has 0 saturated heterocycles. The lowest BCUT2D eigenvalue weighted by Gasteiger charge is -2.09. The van der Waals surface area contributed by atoms with Crippen molar-refractivity contribution in [2.45, 2.75) is 13.8 Å². The summed E-state index contributed by atoms with van der Waals surface area (Å²) in [5, 5.41) is 5.59. The molecule has 0 bridgehead atoms. The molecule has 23 heavy (non-hydrogen) atoms. The van der Waals surface area contributed by atoms with Crippen molar-refractivity contribution in [2.75, 3.05) is 7.11 Å². The van der Waals surface area contributed by atoms with E-state index in [-0.39, 0.29) is 5.97 Å². The summed E-state index contributed by atoms with van der Waals surface area (Å²) >= 11 is 2.25. The molecule has 3 aromatic rings. The fourth-order valence-electron chi connectivity index (χ4n) is 2.41. The van der Waals surface area contributed by atoms with Crippen molar-refractivity contribution >= 4 is 39.5 Å². The van der Waals surface area contributed by atoms with Crippen molar-refractivity contribution in [3.63, 3.8) is 0 Å². The molecule has 0 fully saturated rings. The number of fused-ring (bicyclic) bond motifs is 1. The quantitative estimate of drug-likeness (QED) is 0.366. The highest BCUT2D eigenvalue weighted by Crippen LogP contribution is 2.29. The van der Waals surface area contributed by atoms with Gasteiger partial charge in [0.05, 0.1) is 18.3 Å². The Morgan fingerprint density at radius 2 is 1.91 bits per heavy atom. The van der Waals surface area contributed by atoms with Crippen LogP contribution in [0.4, 0.5) is 0 Å². The molecule has 0 aliphatic heterocycles. The number of rotatable bonds is 3. The molecule has 0 N–H and O–H groups in total. The van der Waals surface area contributed by atoms with E-state index in [1.807, 2.05) is 41.9 Å². The summed E-state index contributed by atoms with van der Waals surface area (Å²) in [5.74, 6) is 1.00. The van der Waals surface area contributed by atoms with Gasteiger partial charge in [0, 0.05) is 12.3 Å². The molecule has 0 unspecified atom stereocenters. The number of hydrogen-bond acceptors (Lipinski definition) is 4. The zero-order valence-corrected chi connectivity index (χ0v) is 15.1. The Morgan fingerprint density at radius 3 is 2.57 bits per heavy atom. The van der Waals surface area contributed by atoms with E-state index in [4.69, 9.17) is 9.47 Å². The van der Waals surface area contributed by atoms with Gasteiger partial charge >= 0.3 is 5.97 Å². The molecule has 6 heteroatoms. The first-order valence-electron chi connectivity index (χ1n) is 7.01. The van der Waals surface area contributed by atoms with Crippen molar-refractivity contribution in [3.8, 4) is 17.2 Å². The van der Waals surface area contributed by atoms with Crippen LogP contribution in [0.3, 0.4) is 0 Å². The van der Waals surface area contributed by atoms with Crippen molar-refractivity contribution in [1.29, 1.82) is 0 Å². The molecule has 118 valence electrons. The van der Waals surface area contributed by atoms with E-state index < -0.39 is 0 Å². The summed E-state index contributed by atoms with van der Waals surface area (Å²) in [6, 6.07) is 11.3. The lowest BCUT2D eigenvalue weighted by Crippen LogP contribution is -2.01. The van der Waals surface area contributed by atoms with Gasteiger partial charge in [-0.15, -0.1) is 0 Å². The molecular formula is C17H15IN2O3. The average molecular weight is 422 g/mol. The molecule has 0 radical (unpaired) electrons. The van der Waals surface area contributed by atoms with Crippen molar-refractivity contribution in [2.24, 2.45) is 0 Å². The average Bonchev–Trinajstić information content (AvgIpc) is 2.83. The molecular weight excluding hydrogens is 407 g/mol. The minimum Gasteiger partial charge on any atom is -0.497 e. The summed E-state index contributed by atoms with van der Waals surface area (Å²) in [7, 11) is 1.65. The second-order valence-electron chi connectivity index (χ2n) is 5.13. The van der Waals surface area contributed by atoms with Gasteiger partial charge in [-0.25, -0.2) is 4.68 Å². The summed E-state index contributed by atoms with van der Waals surface area (Å²) in [6.07, 6.45) is 0. The van der Waals surface area contributed by atoms with Crippen LogP contribution < -0.4 is 9.47 Å². The molecule has 0 saturated carbocycles. The predicted molar refractivity (Wildman–Crippen MR) is 96.4 cm³/mol. The topological polar surface area (TPSA) is 53.4 Å². The first kappa shape index (κ1) is 15.8. The smallest absolute Gasteiger partial charge is 0.308 e. The zero-order chi connectivity index (χ0) is 16.6. The number of methoxy groups -OCH3 is 1. The largest absolute Gasteiger partial charge is 0.497 e.